The number of hydrogen-bond acceptors (Lipinski definition) is 6. The van der Waals surface area contributed by atoms with Crippen LogP contribution in [0.3, 0.4) is 0 Å². The second-order valence-electron chi connectivity index (χ2n) is 4.28. The zero-order valence-electron chi connectivity index (χ0n) is 10.8. The number of aryl methyl sites for hydroxylation is 1. The van der Waals surface area contributed by atoms with Gasteiger partial charge in [-0.3, -0.25) is 10.1 Å². The highest BCUT2D eigenvalue weighted by molar-refractivity contribution is 8.19. The van der Waals surface area contributed by atoms with E-state index in [0.717, 1.165) is 5.01 Å². The third-order valence-corrected chi connectivity index (χ3v) is 6.67. The van der Waals surface area contributed by atoms with E-state index >= 15 is 0 Å². The van der Waals surface area contributed by atoms with Gasteiger partial charge in [0.05, 0.1) is 4.58 Å². The third kappa shape index (κ3) is 3.16. The lowest BCUT2D eigenvalue weighted by Gasteiger charge is -2.08. The van der Waals surface area contributed by atoms with Crippen molar-refractivity contribution in [3.8, 4) is 0 Å². The molecule has 1 aliphatic heterocycles. The Kier molecular flexibility index (Phi) is 4.28. The molecule has 1 amide bonds. The van der Waals surface area contributed by atoms with E-state index in [9.17, 15) is 4.79 Å². The van der Waals surface area contributed by atoms with Crippen molar-refractivity contribution in [2.45, 2.75) is 11.5 Å². The Hall–Kier alpha value is -1.05. The van der Waals surface area contributed by atoms with Crippen molar-refractivity contribution in [1.82, 2.24) is 10.2 Å². The highest BCUT2D eigenvalue weighted by Crippen LogP contribution is 2.45. The molecule has 0 radical (unpaired) electrons. The lowest BCUT2D eigenvalue weighted by molar-refractivity contribution is 0.102. The molecule has 0 unspecified atom stereocenters. The van der Waals surface area contributed by atoms with Gasteiger partial charge in [0.15, 0.2) is 0 Å². The number of nitrogens with zero attached hydrogens (tertiary/aromatic N) is 2. The van der Waals surface area contributed by atoms with Crippen molar-refractivity contribution in [2.75, 3.05) is 16.8 Å². The number of thioether (sulfide) groups is 2. The van der Waals surface area contributed by atoms with Crippen molar-refractivity contribution in [3.05, 3.63) is 40.4 Å². The molecule has 7 heteroatoms. The Morgan fingerprint density at radius 3 is 2.50 bits per heavy atom. The SMILES string of the molecule is Cc1nnc(NC(=O)c2ccc(C3SCCS3)cc2)s1. The first kappa shape index (κ1) is 13.9. The molecule has 3 rings (SSSR count). The highest BCUT2D eigenvalue weighted by atomic mass is 32.2. The van der Waals surface area contributed by atoms with Gasteiger partial charge < -0.3 is 0 Å². The first-order chi connectivity index (χ1) is 9.72. The molecule has 1 aromatic heterocycles. The fourth-order valence-corrected chi connectivity index (χ4v) is 5.31. The predicted octanol–water partition coefficient (Wildman–Crippen LogP) is 3.58. The molecule has 1 aromatic carbocycles. The molecule has 4 nitrogen and oxygen atoms in total. The van der Waals surface area contributed by atoms with Crippen LogP contribution < -0.4 is 5.32 Å². The summed E-state index contributed by atoms with van der Waals surface area (Å²) >= 11 is 5.30. The van der Waals surface area contributed by atoms with Gasteiger partial charge >= 0.3 is 0 Å². The van der Waals surface area contributed by atoms with Crippen LogP contribution in [0.25, 0.3) is 0 Å². The maximum absolute atomic E-state index is 12.1. The maximum atomic E-state index is 12.1. The van der Waals surface area contributed by atoms with Crippen LogP contribution in [0.2, 0.25) is 0 Å². The Morgan fingerprint density at radius 1 is 1.20 bits per heavy atom. The smallest absolute Gasteiger partial charge is 0.257 e. The second kappa shape index (κ2) is 6.15. The summed E-state index contributed by atoms with van der Waals surface area (Å²) in [5, 5.41) is 11.9. The number of carbonyl (C=O) groups excluding carboxylic acids is 1. The molecule has 1 aliphatic rings. The molecule has 0 saturated carbocycles. The van der Waals surface area contributed by atoms with Crippen molar-refractivity contribution in [3.63, 3.8) is 0 Å². The van der Waals surface area contributed by atoms with Crippen LogP contribution in [0.4, 0.5) is 5.13 Å². The average Bonchev–Trinajstić information content (AvgIpc) is 3.11. The van der Waals surface area contributed by atoms with Crippen molar-refractivity contribution >= 4 is 45.9 Å². The van der Waals surface area contributed by atoms with Gasteiger partial charge in [-0.1, -0.05) is 23.5 Å². The molecule has 1 fully saturated rings. The summed E-state index contributed by atoms with van der Waals surface area (Å²) in [7, 11) is 0. The number of rotatable bonds is 3. The van der Waals surface area contributed by atoms with E-state index in [2.05, 4.69) is 15.5 Å². The minimum absolute atomic E-state index is 0.139. The first-order valence-corrected chi connectivity index (χ1v) is 9.08. The number of aromatic nitrogens is 2. The summed E-state index contributed by atoms with van der Waals surface area (Å²) in [6, 6.07) is 7.82. The highest BCUT2D eigenvalue weighted by Gasteiger charge is 2.18. The van der Waals surface area contributed by atoms with Crippen LogP contribution >= 0.6 is 34.9 Å². The van der Waals surface area contributed by atoms with Gasteiger partial charge in [0.25, 0.3) is 5.91 Å². The Labute approximate surface area is 129 Å². The number of anilines is 1. The summed E-state index contributed by atoms with van der Waals surface area (Å²) in [5.41, 5.74) is 1.93. The molecule has 0 atom stereocenters. The zero-order valence-corrected chi connectivity index (χ0v) is 13.3. The van der Waals surface area contributed by atoms with Gasteiger partial charge in [-0.15, -0.1) is 33.7 Å². The van der Waals surface area contributed by atoms with E-state index in [1.54, 1.807) is 0 Å². The zero-order chi connectivity index (χ0) is 13.9. The van der Waals surface area contributed by atoms with Gasteiger partial charge in [-0.25, -0.2) is 0 Å². The third-order valence-electron chi connectivity index (χ3n) is 2.81. The summed E-state index contributed by atoms with van der Waals surface area (Å²) in [5.74, 6) is 2.27. The van der Waals surface area contributed by atoms with Crippen molar-refractivity contribution < 1.29 is 4.79 Å². The van der Waals surface area contributed by atoms with E-state index in [1.165, 1.54) is 28.4 Å². The largest absolute Gasteiger partial charge is 0.296 e. The molecule has 2 heterocycles. The van der Waals surface area contributed by atoms with E-state index in [1.807, 2.05) is 54.7 Å². The molecule has 2 aromatic rings. The maximum Gasteiger partial charge on any atom is 0.257 e. The Bertz CT molecular complexity index is 606. The lowest BCUT2D eigenvalue weighted by Crippen LogP contribution is -2.11. The summed E-state index contributed by atoms with van der Waals surface area (Å²) in [6.45, 7) is 1.86. The quantitative estimate of drug-likeness (QED) is 0.935. The van der Waals surface area contributed by atoms with Crippen molar-refractivity contribution in [2.24, 2.45) is 0 Å². The Balaban J connectivity index is 1.68. The average molecular weight is 323 g/mol. The molecular weight excluding hydrogens is 310 g/mol. The number of hydrogen-bond donors (Lipinski definition) is 1. The molecule has 1 N–H and O–H groups in total. The van der Waals surface area contributed by atoms with Crippen LogP contribution in [-0.4, -0.2) is 27.6 Å². The molecule has 1 saturated heterocycles. The standard InChI is InChI=1S/C13H13N3OS3/c1-8-15-16-13(20-8)14-11(17)9-2-4-10(5-3-9)12-18-6-7-19-12/h2-5,12H,6-7H2,1H3,(H,14,16,17). The van der Waals surface area contributed by atoms with E-state index in [0.29, 0.717) is 15.3 Å². The molecule has 20 heavy (non-hydrogen) atoms. The number of carbonyl (C=O) groups is 1. The normalized spacial score (nSPS) is 15.4. The Morgan fingerprint density at radius 2 is 1.90 bits per heavy atom. The van der Waals surface area contributed by atoms with Crippen LogP contribution in [-0.2, 0) is 0 Å². The van der Waals surface area contributed by atoms with Gasteiger partial charge in [-0.2, -0.15) is 0 Å². The van der Waals surface area contributed by atoms with Crippen molar-refractivity contribution in [1.29, 1.82) is 0 Å². The van der Waals surface area contributed by atoms with Crippen LogP contribution in [0.5, 0.6) is 0 Å². The minimum Gasteiger partial charge on any atom is -0.296 e. The minimum atomic E-state index is -0.139. The van der Waals surface area contributed by atoms with E-state index < -0.39 is 0 Å². The molecule has 0 spiro atoms. The first-order valence-electron chi connectivity index (χ1n) is 6.17. The van der Waals surface area contributed by atoms with E-state index in [-0.39, 0.29) is 5.91 Å². The van der Waals surface area contributed by atoms with Gasteiger partial charge in [-0.05, 0) is 24.6 Å². The molecule has 0 bridgehead atoms. The summed E-state index contributed by atoms with van der Waals surface area (Å²) < 4.78 is 0.512. The topological polar surface area (TPSA) is 54.9 Å². The lowest BCUT2D eigenvalue weighted by atomic mass is 10.1. The second-order valence-corrected chi connectivity index (χ2v) is 8.18. The fourth-order valence-electron chi connectivity index (χ4n) is 1.86. The van der Waals surface area contributed by atoms with Crippen LogP contribution in [0.1, 0.15) is 25.5 Å². The summed E-state index contributed by atoms with van der Waals surface area (Å²) in [6.07, 6.45) is 0. The number of benzene rings is 1. The fraction of sp³-hybridized carbons (Fsp3) is 0.308. The van der Waals surface area contributed by atoms with Crippen LogP contribution in [0.15, 0.2) is 24.3 Å². The molecular formula is C13H13N3OS3. The van der Waals surface area contributed by atoms with Gasteiger partial charge in [0.2, 0.25) is 5.13 Å². The molecule has 0 aliphatic carbocycles. The van der Waals surface area contributed by atoms with Crippen LogP contribution in [0, 0.1) is 6.92 Å². The monoisotopic (exact) mass is 323 g/mol. The predicted molar refractivity (Wildman–Crippen MR) is 86.7 cm³/mol. The molecule has 104 valence electrons. The van der Waals surface area contributed by atoms with E-state index in [4.69, 9.17) is 0 Å². The number of nitrogens with one attached hydrogen (secondary N) is 1. The van der Waals surface area contributed by atoms with Gasteiger partial charge in [0.1, 0.15) is 5.01 Å². The van der Waals surface area contributed by atoms with Gasteiger partial charge in [0, 0.05) is 17.1 Å². The summed E-state index contributed by atoms with van der Waals surface area (Å²) in [4.78, 5) is 12.1. The number of amides is 1.